The molecule has 4 heterocycles. The molecule has 7 nitrogen and oxygen atoms in total. The van der Waals surface area contributed by atoms with E-state index in [2.05, 4.69) is 71.3 Å². The molecule has 10 heteroatoms. The molecule has 0 aliphatic carbocycles. The first-order valence-electron chi connectivity index (χ1n) is 12.7. The summed E-state index contributed by atoms with van der Waals surface area (Å²) in [6.07, 6.45) is 4.63. The number of aromatic nitrogens is 2. The summed E-state index contributed by atoms with van der Waals surface area (Å²) in [5.41, 5.74) is 4.52. The van der Waals surface area contributed by atoms with Gasteiger partial charge in [-0.15, -0.1) is 0 Å². The molecule has 1 aromatic heterocycles. The van der Waals surface area contributed by atoms with Gasteiger partial charge < -0.3 is 0 Å². The van der Waals surface area contributed by atoms with E-state index in [0.717, 1.165) is 48.3 Å². The number of benzene rings is 1. The number of aryl methyl sites for hydroxylation is 1. The molecular weight excluding hydrogens is 605 g/mol. The third-order valence-corrected chi connectivity index (χ3v) is 14.2. The van der Waals surface area contributed by atoms with Crippen molar-refractivity contribution in [3.8, 4) is 0 Å². The van der Waals surface area contributed by atoms with Crippen LogP contribution in [0.1, 0.15) is 48.1 Å². The molecule has 1 amide bonds. The van der Waals surface area contributed by atoms with Crippen LogP contribution in [0, 0.1) is 6.92 Å². The van der Waals surface area contributed by atoms with Gasteiger partial charge in [-0.1, -0.05) is 0 Å². The number of thiol groups is 2. The maximum absolute atomic E-state index is 14.3. The molecule has 3 aliphatic rings. The number of carbonyl (C=O) groups is 1. The predicted molar refractivity (Wildman–Crippen MR) is 160 cm³/mol. The van der Waals surface area contributed by atoms with Crippen LogP contribution >= 0.6 is 40.9 Å². The van der Waals surface area contributed by atoms with Gasteiger partial charge in [-0.3, -0.25) is 0 Å². The number of anilines is 1. The van der Waals surface area contributed by atoms with Crippen molar-refractivity contribution in [3.05, 3.63) is 52.8 Å². The van der Waals surface area contributed by atoms with E-state index < -0.39 is 18.4 Å². The fourth-order valence-corrected chi connectivity index (χ4v) is 12.0. The third-order valence-electron chi connectivity index (χ3n) is 7.52. The van der Waals surface area contributed by atoms with E-state index in [1.165, 1.54) is 11.1 Å². The average molecular weight is 642 g/mol. The Morgan fingerprint density at radius 2 is 2.14 bits per heavy atom. The van der Waals surface area contributed by atoms with Gasteiger partial charge in [0.25, 0.3) is 0 Å². The topological polar surface area (TPSA) is 79.4 Å². The molecule has 1 aromatic carbocycles. The first kappa shape index (κ1) is 26.5. The predicted octanol–water partition coefficient (Wildman–Crippen LogP) is 4.01. The monoisotopic (exact) mass is 641 g/mol. The van der Waals surface area contributed by atoms with Crippen molar-refractivity contribution in [1.29, 1.82) is 0 Å². The Morgan fingerprint density at radius 1 is 1.33 bits per heavy atom. The molecule has 2 N–H and O–H groups in total. The molecule has 1 unspecified atom stereocenters. The zero-order valence-corrected chi connectivity index (χ0v) is 24.8. The van der Waals surface area contributed by atoms with Crippen LogP contribution in [0.5, 0.6) is 0 Å². The van der Waals surface area contributed by atoms with Crippen LogP contribution in [0.3, 0.4) is 0 Å². The Balaban J connectivity index is 1.40. The van der Waals surface area contributed by atoms with Gasteiger partial charge in [-0.2, -0.15) is 0 Å². The van der Waals surface area contributed by atoms with Crippen molar-refractivity contribution < 1.29 is 9.53 Å². The normalized spacial score (nSPS) is 28.0. The van der Waals surface area contributed by atoms with E-state index >= 15 is 0 Å². The van der Waals surface area contributed by atoms with Crippen LogP contribution in [-0.4, -0.2) is 66.3 Å². The number of carbonyl (C=O) groups excluding carboxylic acids is 1. The second-order valence-corrected chi connectivity index (χ2v) is 17.6. The fourth-order valence-electron chi connectivity index (χ4n) is 5.51. The van der Waals surface area contributed by atoms with E-state index in [0.29, 0.717) is 24.3 Å². The van der Waals surface area contributed by atoms with Gasteiger partial charge in [0.1, 0.15) is 0 Å². The number of ether oxygens (including phenoxy) is 1. The van der Waals surface area contributed by atoms with E-state index in [4.69, 9.17) is 19.5 Å². The van der Waals surface area contributed by atoms with Gasteiger partial charge in [0, 0.05) is 0 Å². The number of nitrogens with zero attached hydrogens (tertiary/aromatic N) is 3. The molecule has 3 aliphatic heterocycles. The van der Waals surface area contributed by atoms with Gasteiger partial charge in [0.2, 0.25) is 0 Å². The summed E-state index contributed by atoms with van der Waals surface area (Å²) in [4.78, 5) is 25.8. The van der Waals surface area contributed by atoms with Crippen LogP contribution in [0.4, 0.5) is 5.95 Å². The molecule has 0 radical (unpaired) electrons. The number of nitrogens with one attached hydrogen (secondary N) is 2. The van der Waals surface area contributed by atoms with Crippen molar-refractivity contribution >= 4 is 52.7 Å². The number of hydrogen-bond acceptors (Lipinski definition) is 8. The van der Waals surface area contributed by atoms with Crippen LogP contribution in [0.15, 0.2) is 30.5 Å². The third kappa shape index (κ3) is 5.67. The van der Waals surface area contributed by atoms with Crippen LogP contribution in [0.2, 0.25) is 0 Å². The summed E-state index contributed by atoms with van der Waals surface area (Å²) in [6, 6.07) is 9.17. The van der Waals surface area contributed by atoms with E-state index in [1.54, 1.807) is 0 Å². The summed E-state index contributed by atoms with van der Waals surface area (Å²) < 4.78 is 6.24. The zero-order chi connectivity index (χ0) is 25.2. The van der Waals surface area contributed by atoms with Crippen molar-refractivity contribution in [3.63, 3.8) is 0 Å². The number of alkyl halides is 2. The Kier molecular flexibility index (Phi) is 8.66. The van der Waals surface area contributed by atoms with Crippen LogP contribution in [-0.2, 0) is 22.5 Å². The number of halogens is 1. The molecular formula is C26H36IN5O2S2. The van der Waals surface area contributed by atoms with Crippen LogP contribution in [0.25, 0.3) is 0 Å². The summed E-state index contributed by atoms with van der Waals surface area (Å²) in [5.74, 6) is 1.65. The summed E-state index contributed by atoms with van der Waals surface area (Å²) in [7, 11) is 5.08. The zero-order valence-electron chi connectivity index (χ0n) is 20.9. The minimum absolute atomic E-state index is 0.0797. The Morgan fingerprint density at radius 3 is 2.89 bits per heavy atom. The van der Waals surface area contributed by atoms with Crippen molar-refractivity contribution in [2.24, 2.45) is 0 Å². The molecule has 0 spiro atoms. The first-order chi connectivity index (χ1) is 17.4. The average Bonchev–Trinajstić information content (AvgIpc) is 2.88. The van der Waals surface area contributed by atoms with E-state index in [1.807, 2.05) is 6.20 Å². The molecule has 0 bridgehead atoms. The molecule has 0 saturated carbocycles. The standard InChI is InChI=1S/C26H36IN5O2S2/c1-16-4-3-5-18(10-16)23-22(14-35)29-15-27(36)24(23)25(33)32-13-21-19(11-17(32)2)12-28-26(31-21)30-20-6-8-34-9-7-20/h3-5,10,12,17,20,22-24,29,35-36H,6-9,11,13-15H2,1-2H3,(H,28,30,31)/t17-,22?,23+,24+/m1/s1. The van der Waals surface area contributed by atoms with Crippen LogP contribution < -0.4 is 10.6 Å². The number of fused-ring (bicyclic) bond motifs is 1. The summed E-state index contributed by atoms with van der Waals surface area (Å²) >= 11 is 2.77. The maximum atomic E-state index is 14.3. The van der Waals surface area contributed by atoms with E-state index in [-0.39, 0.29) is 27.8 Å². The van der Waals surface area contributed by atoms with Gasteiger partial charge >= 0.3 is 232 Å². The van der Waals surface area contributed by atoms with Crippen molar-refractivity contribution in [2.45, 2.75) is 67.6 Å². The van der Waals surface area contributed by atoms with Crippen molar-refractivity contribution in [1.82, 2.24) is 20.2 Å². The second-order valence-electron chi connectivity index (χ2n) is 10.1. The molecule has 196 valence electrons. The molecule has 2 aromatic rings. The minimum atomic E-state index is -1.89. The van der Waals surface area contributed by atoms with Gasteiger partial charge in [0.05, 0.1) is 0 Å². The molecule has 5 rings (SSSR count). The van der Waals surface area contributed by atoms with Gasteiger partial charge in [-0.25, -0.2) is 0 Å². The molecule has 4 atom stereocenters. The molecule has 36 heavy (non-hydrogen) atoms. The van der Waals surface area contributed by atoms with Gasteiger partial charge in [0.15, 0.2) is 0 Å². The Hall–Kier alpha value is -1.08. The molecule has 2 fully saturated rings. The first-order valence-corrected chi connectivity index (χ1v) is 19.3. The Labute approximate surface area is 230 Å². The summed E-state index contributed by atoms with van der Waals surface area (Å²) in [5, 5.41) is 7.13. The fraction of sp³-hybridized carbons (Fsp3) is 0.577. The number of hydrogen-bond donors (Lipinski definition) is 4. The molecule has 2 saturated heterocycles. The van der Waals surface area contributed by atoms with Gasteiger partial charge in [-0.05, 0) is 0 Å². The number of rotatable bonds is 5. The summed E-state index contributed by atoms with van der Waals surface area (Å²) in [6.45, 7) is 6.31. The van der Waals surface area contributed by atoms with E-state index in [9.17, 15) is 4.79 Å². The van der Waals surface area contributed by atoms with Crippen molar-refractivity contribution in [2.75, 3.05) is 28.8 Å². The quantitative estimate of drug-likeness (QED) is 0.171. The Bertz CT molecular complexity index is 1090. The SMILES string of the molecule is Cc1cccc([C@H]2C(CS)NCI(S)[C@@H]2C(=O)N2Cc3nc(NC4CCOCC4)ncc3C[C@H]2C)c1. The second kappa shape index (κ2) is 11.8. The number of amides is 1.